The monoisotopic (exact) mass is 380 g/mol. The van der Waals surface area contributed by atoms with Crippen LogP contribution in [0.15, 0.2) is 42.5 Å². The summed E-state index contributed by atoms with van der Waals surface area (Å²) in [6.07, 6.45) is 0.727. The number of aryl methyl sites for hydroxylation is 1. The molecule has 2 rings (SSSR count). The average Bonchev–Trinajstić information content (AvgIpc) is 2.60. The highest BCUT2D eigenvalue weighted by atomic mass is 35.5. The normalized spacial score (nSPS) is 10.2. The molecule has 0 spiro atoms. The van der Waals surface area contributed by atoms with Gasteiger partial charge in [0, 0.05) is 11.4 Å². The van der Waals surface area contributed by atoms with Gasteiger partial charge in [-0.3, -0.25) is 20.4 Å². The molecule has 0 saturated carbocycles. The highest BCUT2D eigenvalue weighted by Crippen LogP contribution is 2.21. The van der Waals surface area contributed by atoms with E-state index >= 15 is 0 Å². The van der Waals surface area contributed by atoms with E-state index in [1.165, 1.54) is 0 Å². The minimum absolute atomic E-state index is 0.218. The predicted octanol–water partition coefficient (Wildman–Crippen LogP) is 3.92. The highest BCUT2D eigenvalue weighted by Gasteiger charge is 2.10. The van der Waals surface area contributed by atoms with Gasteiger partial charge in [-0.15, -0.1) is 0 Å². The van der Waals surface area contributed by atoms with Crippen molar-refractivity contribution in [3.63, 3.8) is 0 Å². The first-order valence-electron chi connectivity index (χ1n) is 7.70. The fraction of sp³-hybridized carbons (Fsp3) is 0.222. The van der Waals surface area contributed by atoms with Gasteiger partial charge in [0.1, 0.15) is 5.75 Å². The number of hydrogen-bond donors (Lipinski definition) is 2. The second kappa shape index (κ2) is 9.30. The Bertz CT molecular complexity index is 766. The molecular formula is C18H18Cl2N2O3. The maximum Gasteiger partial charge on any atom is 0.271 e. The molecule has 0 aliphatic rings. The van der Waals surface area contributed by atoms with Crippen LogP contribution < -0.4 is 15.6 Å². The van der Waals surface area contributed by atoms with Crippen LogP contribution in [0.2, 0.25) is 10.0 Å². The van der Waals surface area contributed by atoms with E-state index in [4.69, 9.17) is 27.9 Å². The van der Waals surface area contributed by atoms with E-state index in [1.54, 1.807) is 36.4 Å². The quantitative estimate of drug-likeness (QED) is 0.589. The van der Waals surface area contributed by atoms with Gasteiger partial charge in [0.05, 0.1) is 17.2 Å². The van der Waals surface area contributed by atoms with Crippen molar-refractivity contribution in [3.05, 3.63) is 63.6 Å². The molecule has 0 atom stereocenters. The van der Waals surface area contributed by atoms with Crippen LogP contribution in [0.3, 0.4) is 0 Å². The van der Waals surface area contributed by atoms with E-state index in [0.29, 0.717) is 34.4 Å². The van der Waals surface area contributed by atoms with Crippen molar-refractivity contribution in [2.45, 2.75) is 19.8 Å². The number of carbonyl (C=O) groups is 2. The number of benzene rings is 2. The van der Waals surface area contributed by atoms with Crippen molar-refractivity contribution in [2.75, 3.05) is 6.61 Å². The summed E-state index contributed by atoms with van der Waals surface area (Å²) in [5, 5.41) is 1.00. The van der Waals surface area contributed by atoms with Crippen LogP contribution in [0.25, 0.3) is 0 Å². The van der Waals surface area contributed by atoms with E-state index in [0.717, 1.165) is 5.56 Å². The zero-order valence-electron chi connectivity index (χ0n) is 13.6. The number of amides is 2. The van der Waals surface area contributed by atoms with Crippen molar-refractivity contribution in [2.24, 2.45) is 0 Å². The summed E-state index contributed by atoms with van der Waals surface area (Å²) in [4.78, 5) is 23.6. The summed E-state index contributed by atoms with van der Waals surface area (Å²) in [6.45, 7) is 2.28. The van der Waals surface area contributed by atoms with E-state index in [2.05, 4.69) is 10.9 Å². The van der Waals surface area contributed by atoms with Crippen LogP contribution in [-0.2, 0) is 4.79 Å². The number of carbonyl (C=O) groups excluding carboxylic acids is 2. The first-order valence-corrected chi connectivity index (χ1v) is 8.45. The molecule has 25 heavy (non-hydrogen) atoms. The molecule has 5 nitrogen and oxygen atoms in total. The molecule has 0 aliphatic carbocycles. The molecule has 0 radical (unpaired) electrons. The fourth-order valence-corrected chi connectivity index (χ4v) is 2.37. The van der Waals surface area contributed by atoms with Gasteiger partial charge in [-0.05, 0) is 49.2 Å². The highest BCUT2D eigenvalue weighted by molar-refractivity contribution is 6.33. The van der Waals surface area contributed by atoms with Crippen LogP contribution in [-0.4, -0.2) is 18.4 Å². The SMILES string of the molecule is Cc1cc(OCCCC(=O)NNC(=O)c2ccccc2Cl)ccc1Cl. The Hall–Kier alpha value is -2.24. The van der Waals surface area contributed by atoms with Gasteiger partial charge < -0.3 is 4.74 Å². The molecule has 0 unspecified atom stereocenters. The van der Waals surface area contributed by atoms with Gasteiger partial charge >= 0.3 is 0 Å². The summed E-state index contributed by atoms with van der Waals surface area (Å²) >= 11 is 11.9. The Morgan fingerprint density at radius 1 is 1.04 bits per heavy atom. The average molecular weight is 381 g/mol. The summed E-state index contributed by atoms with van der Waals surface area (Å²) in [7, 11) is 0. The molecular weight excluding hydrogens is 363 g/mol. The third-order valence-electron chi connectivity index (χ3n) is 3.38. The van der Waals surface area contributed by atoms with Crippen LogP contribution in [0, 0.1) is 6.92 Å². The van der Waals surface area contributed by atoms with Gasteiger partial charge in [-0.2, -0.15) is 0 Å². The summed E-state index contributed by atoms with van der Waals surface area (Å²) in [5.41, 5.74) is 5.91. The fourth-order valence-electron chi connectivity index (χ4n) is 2.03. The molecule has 0 saturated heterocycles. The number of hydrogen-bond acceptors (Lipinski definition) is 3. The van der Waals surface area contributed by atoms with Gasteiger partial charge in [-0.25, -0.2) is 0 Å². The predicted molar refractivity (Wildman–Crippen MR) is 98.0 cm³/mol. The van der Waals surface area contributed by atoms with Crippen molar-refractivity contribution in [1.82, 2.24) is 10.9 Å². The van der Waals surface area contributed by atoms with Crippen molar-refractivity contribution >= 4 is 35.0 Å². The Morgan fingerprint density at radius 2 is 1.80 bits per heavy atom. The van der Waals surface area contributed by atoms with Crippen LogP contribution in [0.1, 0.15) is 28.8 Å². The molecule has 0 bridgehead atoms. The molecule has 2 amide bonds. The number of ether oxygens (including phenoxy) is 1. The molecule has 7 heteroatoms. The van der Waals surface area contributed by atoms with Crippen molar-refractivity contribution in [3.8, 4) is 5.75 Å². The topological polar surface area (TPSA) is 67.4 Å². The zero-order chi connectivity index (χ0) is 18.2. The molecule has 0 aromatic heterocycles. The van der Waals surface area contributed by atoms with Crippen LogP contribution >= 0.6 is 23.2 Å². The van der Waals surface area contributed by atoms with E-state index in [1.807, 2.05) is 13.0 Å². The molecule has 132 valence electrons. The Labute approximate surface area is 156 Å². The Kier molecular flexibility index (Phi) is 7.10. The number of hydrazine groups is 1. The molecule has 2 N–H and O–H groups in total. The second-order valence-electron chi connectivity index (χ2n) is 5.35. The lowest BCUT2D eigenvalue weighted by Crippen LogP contribution is -2.41. The maximum atomic E-state index is 11.9. The van der Waals surface area contributed by atoms with Crippen LogP contribution in [0.5, 0.6) is 5.75 Å². The van der Waals surface area contributed by atoms with E-state index < -0.39 is 5.91 Å². The summed E-state index contributed by atoms with van der Waals surface area (Å²) in [5.74, 6) is -0.0718. The lowest BCUT2D eigenvalue weighted by molar-refractivity contribution is -0.122. The largest absolute Gasteiger partial charge is 0.494 e. The maximum absolute atomic E-state index is 11.9. The molecule has 2 aromatic carbocycles. The molecule has 0 heterocycles. The minimum atomic E-state index is -0.466. The Morgan fingerprint density at radius 3 is 2.52 bits per heavy atom. The van der Waals surface area contributed by atoms with Gasteiger partial charge in [0.2, 0.25) is 5.91 Å². The van der Waals surface area contributed by atoms with Gasteiger partial charge in [0.15, 0.2) is 0 Å². The first-order chi connectivity index (χ1) is 12.0. The van der Waals surface area contributed by atoms with Gasteiger partial charge in [-0.1, -0.05) is 35.3 Å². The molecule has 0 aliphatic heterocycles. The van der Waals surface area contributed by atoms with Crippen molar-refractivity contribution in [1.29, 1.82) is 0 Å². The number of halogens is 2. The standard InChI is InChI=1S/C18H18Cl2N2O3/c1-12-11-13(8-9-15(12)19)25-10-4-7-17(23)21-22-18(24)14-5-2-3-6-16(14)20/h2-3,5-6,8-9,11H,4,7,10H2,1H3,(H,21,23)(H,22,24). The van der Waals surface area contributed by atoms with E-state index in [9.17, 15) is 9.59 Å². The summed E-state index contributed by atoms with van der Waals surface area (Å²) in [6, 6.07) is 12.0. The minimum Gasteiger partial charge on any atom is -0.494 e. The summed E-state index contributed by atoms with van der Waals surface area (Å²) < 4.78 is 5.56. The van der Waals surface area contributed by atoms with Crippen LogP contribution in [0.4, 0.5) is 0 Å². The molecule has 0 fully saturated rings. The second-order valence-corrected chi connectivity index (χ2v) is 6.16. The third kappa shape index (κ3) is 5.96. The lowest BCUT2D eigenvalue weighted by atomic mass is 10.2. The van der Waals surface area contributed by atoms with Gasteiger partial charge in [0.25, 0.3) is 5.91 Å². The zero-order valence-corrected chi connectivity index (χ0v) is 15.2. The lowest BCUT2D eigenvalue weighted by Gasteiger charge is -2.09. The first kappa shape index (κ1) is 19.1. The number of nitrogens with one attached hydrogen (secondary N) is 2. The Balaban J connectivity index is 1.68. The van der Waals surface area contributed by atoms with Crippen molar-refractivity contribution < 1.29 is 14.3 Å². The number of rotatable bonds is 6. The van der Waals surface area contributed by atoms with E-state index in [-0.39, 0.29) is 12.3 Å². The molecule has 2 aromatic rings. The third-order valence-corrected chi connectivity index (χ3v) is 4.13. The smallest absolute Gasteiger partial charge is 0.271 e.